The lowest BCUT2D eigenvalue weighted by Gasteiger charge is -2.05. The number of para-hydroxylation sites is 1. The molecule has 0 saturated heterocycles. The molecule has 0 radical (unpaired) electrons. The predicted octanol–water partition coefficient (Wildman–Crippen LogP) is 4.36. The number of aromatic nitrogens is 6. The fraction of sp³-hybridized carbons (Fsp3) is 0.235. The quantitative estimate of drug-likeness (QED) is 0.340. The summed E-state index contributed by atoms with van der Waals surface area (Å²) in [5.41, 5.74) is 1.41. The molecule has 0 aliphatic carbocycles. The van der Waals surface area contributed by atoms with E-state index < -0.39 is 5.82 Å². The second-order valence-electron chi connectivity index (χ2n) is 5.59. The van der Waals surface area contributed by atoms with E-state index in [2.05, 4.69) is 31.2 Å². The van der Waals surface area contributed by atoms with Crippen molar-refractivity contribution in [3.63, 3.8) is 0 Å². The number of fused-ring (bicyclic) bond motifs is 1. The number of thioether (sulfide) groups is 1. The van der Waals surface area contributed by atoms with Crippen molar-refractivity contribution in [2.24, 2.45) is 7.05 Å². The van der Waals surface area contributed by atoms with Crippen LogP contribution < -0.4 is 0 Å². The fourth-order valence-corrected chi connectivity index (χ4v) is 5.24. The minimum absolute atomic E-state index is 0.266. The number of nitrogens with zero attached hydrogens (tertiary/aromatic N) is 6. The molecule has 4 aromatic rings. The van der Waals surface area contributed by atoms with Crippen molar-refractivity contribution in [1.82, 2.24) is 29.7 Å². The van der Waals surface area contributed by atoms with Crippen LogP contribution >= 0.6 is 34.9 Å². The summed E-state index contributed by atoms with van der Waals surface area (Å²) in [6, 6.07) is 8.07. The molecule has 0 fully saturated rings. The van der Waals surface area contributed by atoms with Crippen LogP contribution in [0.4, 0.5) is 4.39 Å². The summed E-state index contributed by atoms with van der Waals surface area (Å²) < 4.78 is 18.4. The second-order valence-corrected chi connectivity index (χ2v) is 8.80. The molecule has 10 heteroatoms. The van der Waals surface area contributed by atoms with Crippen molar-refractivity contribution in [3.05, 3.63) is 47.9 Å². The van der Waals surface area contributed by atoms with Crippen LogP contribution in [-0.4, -0.2) is 29.7 Å². The summed E-state index contributed by atoms with van der Waals surface area (Å²) in [7, 11) is 1.87. The van der Waals surface area contributed by atoms with Crippen LogP contribution in [-0.2, 0) is 19.2 Å². The van der Waals surface area contributed by atoms with Gasteiger partial charge in [-0.3, -0.25) is 0 Å². The highest BCUT2D eigenvalue weighted by Gasteiger charge is 2.16. The third kappa shape index (κ3) is 3.83. The van der Waals surface area contributed by atoms with Crippen LogP contribution in [0.15, 0.2) is 45.1 Å². The second kappa shape index (κ2) is 7.91. The average molecular weight is 419 g/mol. The normalized spacial score (nSPS) is 11.4. The number of hydrogen-bond acceptors (Lipinski definition) is 8. The van der Waals surface area contributed by atoms with Gasteiger partial charge in [-0.15, -0.1) is 21.5 Å². The molecular weight excluding hydrogens is 403 g/mol. The van der Waals surface area contributed by atoms with E-state index in [1.165, 1.54) is 11.0 Å². The highest BCUT2D eigenvalue weighted by Crippen LogP contribution is 2.32. The van der Waals surface area contributed by atoms with Crippen molar-refractivity contribution < 1.29 is 4.39 Å². The Morgan fingerprint density at radius 1 is 1.19 bits per heavy atom. The van der Waals surface area contributed by atoms with Gasteiger partial charge in [0.15, 0.2) is 15.3 Å². The minimum atomic E-state index is -0.390. The number of halogens is 1. The minimum Gasteiger partial charge on any atom is -0.308 e. The summed E-state index contributed by atoms with van der Waals surface area (Å²) in [5.74, 6) is 1.04. The smallest absolute Gasteiger partial charge is 0.197 e. The van der Waals surface area contributed by atoms with E-state index in [0.29, 0.717) is 23.0 Å². The lowest BCUT2D eigenvalue weighted by atomic mass is 10.3. The Kier molecular flexibility index (Phi) is 5.37. The van der Waals surface area contributed by atoms with Gasteiger partial charge in [0.05, 0.1) is 21.7 Å². The Morgan fingerprint density at radius 2 is 2.04 bits per heavy atom. The van der Waals surface area contributed by atoms with Crippen LogP contribution in [0.1, 0.15) is 18.4 Å². The monoisotopic (exact) mass is 418 g/mol. The van der Waals surface area contributed by atoms with Crippen molar-refractivity contribution >= 4 is 45.1 Å². The molecule has 27 heavy (non-hydrogen) atoms. The van der Waals surface area contributed by atoms with Gasteiger partial charge in [-0.05, 0) is 30.3 Å². The molecule has 0 aliphatic heterocycles. The maximum atomic E-state index is 14.4. The Bertz CT molecular complexity index is 1060. The molecule has 6 nitrogen and oxygen atoms in total. The van der Waals surface area contributed by atoms with Crippen molar-refractivity contribution in [1.29, 1.82) is 0 Å². The molecule has 0 unspecified atom stereocenters. The number of rotatable bonds is 6. The summed E-state index contributed by atoms with van der Waals surface area (Å²) in [4.78, 5) is 12.6. The van der Waals surface area contributed by atoms with Gasteiger partial charge in [0.25, 0.3) is 0 Å². The molecule has 138 valence electrons. The number of aryl methyl sites for hydroxylation is 1. The molecular formula is C17H15FN6S3. The van der Waals surface area contributed by atoms with Gasteiger partial charge in [-0.25, -0.2) is 19.3 Å². The summed E-state index contributed by atoms with van der Waals surface area (Å²) in [6.07, 6.45) is 1.90. The summed E-state index contributed by atoms with van der Waals surface area (Å²) in [6.45, 7) is 1.86. The van der Waals surface area contributed by atoms with Crippen molar-refractivity contribution in [2.45, 2.75) is 33.6 Å². The molecule has 3 aromatic heterocycles. The lowest BCUT2D eigenvalue weighted by molar-refractivity contribution is 0.558. The lowest BCUT2D eigenvalue weighted by Crippen LogP contribution is -2.00. The van der Waals surface area contributed by atoms with Gasteiger partial charge in [-0.2, -0.15) is 0 Å². The molecule has 4 rings (SSSR count). The molecule has 0 aliphatic rings. The molecule has 0 spiro atoms. The highest BCUT2D eigenvalue weighted by atomic mass is 32.2. The maximum absolute atomic E-state index is 14.4. The van der Waals surface area contributed by atoms with E-state index in [1.807, 2.05) is 36.7 Å². The number of benzene rings is 1. The van der Waals surface area contributed by atoms with E-state index in [1.54, 1.807) is 23.1 Å². The Labute approximate surface area is 167 Å². The molecule has 3 heterocycles. The van der Waals surface area contributed by atoms with E-state index >= 15 is 0 Å². The Balaban J connectivity index is 1.49. The van der Waals surface area contributed by atoms with E-state index in [9.17, 15) is 4.39 Å². The van der Waals surface area contributed by atoms with Crippen molar-refractivity contribution in [2.75, 3.05) is 0 Å². The number of hydrogen-bond donors (Lipinski definition) is 0. The van der Waals surface area contributed by atoms with Crippen LogP contribution in [0.2, 0.25) is 0 Å². The Morgan fingerprint density at radius 3 is 2.85 bits per heavy atom. The van der Waals surface area contributed by atoms with Gasteiger partial charge in [0.2, 0.25) is 0 Å². The maximum Gasteiger partial charge on any atom is 0.197 e. The van der Waals surface area contributed by atoms with Gasteiger partial charge in [0.1, 0.15) is 17.2 Å². The third-order valence-electron chi connectivity index (χ3n) is 3.88. The average Bonchev–Trinajstić information content (AvgIpc) is 3.25. The summed E-state index contributed by atoms with van der Waals surface area (Å²) >= 11 is 4.44. The largest absolute Gasteiger partial charge is 0.308 e. The van der Waals surface area contributed by atoms with Crippen LogP contribution in [0, 0.1) is 5.82 Å². The number of thiazole rings is 1. The van der Waals surface area contributed by atoms with Gasteiger partial charge >= 0.3 is 0 Å². The van der Waals surface area contributed by atoms with Crippen LogP contribution in [0.3, 0.4) is 0 Å². The zero-order valence-corrected chi connectivity index (χ0v) is 17.0. The predicted molar refractivity (Wildman–Crippen MR) is 106 cm³/mol. The zero-order valence-electron chi connectivity index (χ0n) is 14.6. The highest BCUT2D eigenvalue weighted by molar-refractivity contribution is 8.00. The van der Waals surface area contributed by atoms with E-state index in [4.69, 9.17) is 0 Å². The fourth-order valence-electron chi connectivity index (χ4n) is 2.39. The van der Waals surface area contributed by atoms with Crippen molar-refractivity contribution in [3.8, 4) is 0 Å². The zero-order chi connectivity index (χ0) is 18.8. The third-order valence-corrected chi connectivity index (χ3v) is 7.07. The summed E-state index contributed by atoms with van der Waals surface area (Å²) in [5, 5.41) is 9.28. The van der Waals surface area contributed by atoms with Gasteiger partial charge < -0.3 is 4.57 Å². The van der Waals surface area contributed by atoms with E-state index in [0.717, 1.165) is 27.4 Å². The standard InChI is InChI=1S/C17H15FN6S3/c1-3-10-14(18)15(20-9-19-10)27-16-23-22-13(24(16)2)8-25-17-21-11-6-4-5-7-12(11)26-17/h4-7,9H,3,8H2,1-2H3. The van der Waals surface area contributed by atoms with Gasteiger partial charge in [-0.1, -0.05) is 30.8 Å². The van der Waals surface area contributed by atoms with Crippen LogP contribution in [0.5, 0.6) is 0 Å². The first-order valence-corrected chi connectivity index (χ1v) is 10.8. The first kappa shape index (κ1) is 18.3. The van der Waals surface area contributed by atoms with Gasteiger partial charge in [0, 0.05) is 7.05 Å². The molecule has 0 amide bonds. The van der Waals surface area contributed by atoms with E-state index in [-0.39, 0.29) is 5.03 Å². The molecule has 0 saturated carbocycles. The molecule has 1 aromatic carbocycles. The van der Waals surface area contributed by atoms with Crippen LogP contribution in [0.25, 0.3) is 10.2 Å². The molecule has 0 bridgehead atoms. The topological polar surface area (TPSA) is 69.4 Å². The molecule has 0 atom stereocenters. The first-order valence-electron chi connectivity index (χ1n) is 8.19. The SMILES string of the molecule is CCc1ncnc(Sc2nnc(CSc3nc4ccccc4s3)n2C)c1F. The first-order chi connectivity index (χ1) is 13.2. The Hall–Kier alpha value is -2.04. The molecule has 0 N–H and O–H groups in total.